The maximum absolute atomic E-state index is 12.5. The Morgan fingerprint density at radius 1 is 1.12 bits per heavy atom. The molecule has 1 aromatic heterocycles. The average molecular weight is 341 g/mol. The van der Waals surface area contributed by atoms with Crippen molar-refractivity contribution in [2.45, 2.75) is 13.8 Å². The molecule has 7 nitrogen and oxygen atoms in total. The van der Waals surface area contributed by atoms with E-state index in [9.17, 15) is 9.59 Å². The lowest BCUT2D eigenvalue weighted by atomic mass is 10.2. The molecule has 3 rings (SSSR count). The summed E-state index contributed by atoms with van der Waals surface area (Å²) in [6.07, 6.45) is 1.46. The molecule has 2 aromatic rings. The van der Waals surface area contributed by atoms with Crippen molar-refractivity contribution < 1.29 is 19.1 Å². The number of fused-ring (bicyclic) bond motifs is 1. The Hall–Kier alpha value is -3.09. The summed E-state index contributed by atoms with van der Waals surface area (Å²) in [6, 6.07) is 8.24. The summed E-state index contributed by atoms with van der Waals surface area (Å²) in [5.41, 5.74) is 1.20. The number of benzene rings is 1. The largest absolute Gasteiger partial charge is 0.454 e. The molecule has 0 radical (unpaired) electrons. The number of aromatic nitrogens is 1. The van der Waals surface area contributed by atoms with Crippen molar-refractivity contribution in [3.05, 3.63) is 47.8 Å². The van der Waals surface area contributed by atoms with Gasteiger partial charge in [-0.2, -0.15) is 0 Å². The summed E-state index contributed by atoms with van der Waals surface area (Å²) in [5.74, 6) is 0.719. The third kappa shape index (κ3) is 3.55. The summed E-state index contributed by atoms with van der Waals surface area (Å²) in [5, 5.41) is 2.78. The van der Waals surface area contributed by atoms with Crippen LogP contribution < -0.4 is 14.8 Å². The smallest absolute Gasteiger partial charge is 0.272 e. The van der Waals surface area contributed by atoms with Crippen molar-refractivity contribution in [1.82, 2.24) is 9.88 Å². The van der Waals surface area contributed by atoms with Gasteiger partial charge in [-0.3, -0.25) is 14.6 Å². The van der Waals surface area contributed by atoms with Crippen LogP contribution in [0, 0.1) is 0 Å². The normalized spacial score (nSPS) is 11.9. The number of amides is 2. The molecule has 2 heterocycles. The molecule has 0 fully saturated rings. The van der Waals surface area contributed by atoms with Crippen molar-refractivity contribution >= 4 is 17.5 Å². The number of rotatable bonds is 5. The van der Waals surface area contributed by atoms with Gasteiger partial charge < -0.3 is 19.7 Å². The zero-order chi connectivity index (χ0) is 17.8. The van der Waals surface area contributed by atoms with Crippen LogP contribution in [0.15, 0.2) is 36.5 Å². The monoisotopic (exact) mass is 341 g/mol. The standard InChI is InChI=1S/C18H19N3O4/c1-3-21(4-2)18(23)14-9-12(7-8-19-14)17(22)20-13-5-6-15-16(10-13)25-11-24-15/h5-10H,3-4,11H2,1-2H3,(H,20,22). The first-order chi connectivity index (χ1) is 12.1. The Kier molecular flexibility index (Phi) is 4.83. The fourth-order valence-electron chi connectivity index (χ4n) is 2.54. The predicted molar refractivity (Wildman–Crippen MR) is 92.0 cm³/mol. The van der Waals surface area contributed by atoms with Crippen LogP contribution in [0.3, 0.4) is 0 Å². The van der Waals surface area contributed by atoms with Crippen LogP contribution >= 0.6 is 0 Å². The Bertz CT molecular complexity index is 803. The van der Waals surface area contributed by atoms with E-state index >= 15 is 0 Å². The highest BCUT2D eigenvalue weighted by Crippen LogP contribution is 2.34. The minimum absolute atomic E-state index is 0.175. The summed E-state index contributed by atoms with van der Waals surface area (Å²) in [6.45, 7) is 5.15. The van der Waals surface area contributed by atoms with Gasteiger partial charge >= 0.3 is 0 Å². The van der Waals surface area contributed by atoms with Crippen molar-refractivity contribution in [1.29, 1.82) is 0 Å². The molecule has 0 saturated carbocycles. The van der Waals surface area contributed by atoms with Crippen molar-refractivity contribution in [3.8, 4) is 11.5 Å². The second kappa shape index (κ2) is 7.21. The van der Waals surface area contributed by atoms with Gasteiger partial charge in [0.25, 0.3) is 11.8 Å². The van der Waals surface area contributed by atoms with E-state index in [1.807, 2.05) is 13.8 Å². The van der Waals surface area contributed by atoms with Gasteiger partial charge in [0.1, 0.15) is 5.69 Å². The molecule has 0 aliphatic carbocycles. The highest BCUT2D eigenvalue weighted by Gasteiger charge is 2.17. The summed E-state index contributed by atoms with van der Waals surface area (Å²) < 4.78 is 10.5. The molecule has 0 bridgehead atoms. The minimum Gasteiger partial charge on any atom is -0.454 e. The van der Waals surface area contributed by atoms with E-state index < -0.39 is 0 Å². The summed E-state index contributed by atoms with van der Waals surface area (Å²) >= 11 is 0. The molecule has 130 valence electrons. The highest BCUT2D eigenvalue weighted by atomic mass is 16.7. The van der Waals surface area contributed by atoms with Crippen molar-refractivity contribution in [2.24, 2.45) is 0 Å². The number of hydrogen-bond acceptors (Lipinski definition) is 5. The van der Waals surface area contributed by atoms with Gasteiger partial charge in [0, 0.05) is 36.6 Å². The molecule has 7 heteroatoms. The van der Waals surface area contributed by atoms with Crippen LogP contribution in [0.25, 0.3) is 0 Å². The number of ether oxygens (including phenoxy) is 2. The van der Waals surface area contributed by atoms with E-state index in [0.29, 0.717) is 35.8 Å². The Balaban J connectivity index is 1.76. The fraction of sp³-hybridized carbons (Fsp3) is 0.278. The van der Waals surface area contributed by atoms with Crippen LogP contribution in [0.4, 0.5) is 5.69 Å². The van der Waals surface area contributed by atoms with Gasteiger partial charge in [-0.25, -0.2) is 0 Å². The Morgan fingerprint density at radius 3 is 2.64 bits per heavy atom. The minimum atomic E-state index is -0.324. The Labute approximate surface area is 145 Å². The van der Waals surface area contributed by atoms with Gasteiger partial charge in [0.2, 0.25) is 6.79 Å². The number of nitrogens with zero attached hydrogens (tertiary/aromatic N) is 2. The van der Waals surface area contributed by atoms with E-state index in [2.05, 4.69) is 10.3 Å². The van der Waals surface area contributed by atoms with Crippen LogP contribution in [0.1, 0.15) is 34.7 Å². The average Bonchev–Trinajstić information content (AvgIpc) is 3.10. The van der Waals surface area contributed by atoms with Crippen molar-refractivity contribution in [3.63, 3.8) is 0 Å². The lowest BCUT2D eigenvalue weighted by Crippen LogP contribution is -2.31. The number of hydrogen-bond donors (Lipinski definition) is 1. The molecule has 25 heavy (non-hydrogen) atoms. The maximum atomic E-state index is 12.5. The number of pyridine rings is 1. The van der Waals surface area contributed by atoms with E-state index in [1.165, 1.54) is 12.3 Å². The molecule has 0 unspecified atom stereocenters. The van der Waals surface area contributed by atoms with Crippen LogP contribution in [-0.4, -0.2) is 41.6 Å². The first kappa shape index (κ1) is 16.8. The number of anilines is 1. The second-order valence-corrected chi connectivity index (χ2v) is 5.43. The zero-order valence-corrected chi connectivity index (χ0v) is 14.1. The van der Waals surface area contributed by atoms with Gasteiger partial charge in [0.05, 0.1) is 0 Å². The third-order valence-corrected chi connectivity index (χ3v) is 3.92. The summed E-state index contributed by atoms with van der Waals surface area (Å²) in [7, 11) is 0. The van der Waals surface area contributed by atoms with E-state index in [4.69, 9.17) is 9.47 Å². The second-order valence-electron chi connectivity index (χ2n) is 5.43. The molecular weight excluding hydrogens is 322 g/mol. The van der Waals surface area contributed by atoms with E-state index in [-0.39, 0.29) is 24.3 Å². The van der Waals surface area contributed by atoms with Crippen LogP contribution in [-0.2, 0) is 0 Å². The molecular formula is C18H19N3O4. The number of nitrogens with one attached hydrogen (secondary N) is 1. The number of carbonyl (C=O) groups excluding carboxylic acids is 2. The zero-order valence-electron chi connectivity index (χ0n) is 14.1. The van der Waals surface area contributed by atoms with Gasteiger partial charge in [-0.15, -0.1) is 0 Å². The molecule has 0 atom stereocenters. The van der Waals surface area contributed by atoms with Crippen molar-refractivity contribution in [2.75, 3.05) is 25.2 Å². The maximum Gasteiger partial charge on any atom is 0.272 e. The van der Waals surface area contributed by atoms with Gasteiger partial charge in [-0.1, -0.05) is 0 Å². The molecule has 1 N–H and O–H groups in total. The molecule has 0 saturated heterocycles. The Morgan fingerprint density at radius 2 is 1.88 bits per heavy atom. The van der Waals surface area contributed by atoms with Gasteiger partial charge in [0.15, 0.2) is 11.5 Å². The fourth-order valence-corrected chi connectivity index (χ4v) is 2.54. The van der Waals surface area contributed by atoms with Crippen LogP contribution in [0.2, 0.25) is 0 Å². The molecule has 2 amide bonds. The number of carbonyl (C=O) groups is 2. The summed E-state index contributed by atoms with van der Waals surface area (Å²) in [4.78, 5) is 30.6. The lowest BCUT2D eigenvalue weighted by molar-refractivity contribution is 0.0767. The predicted octanol–water partition coefficient (Wildman–Crippen LogP) is 2.54. The third-order valence-electron chi connectivity index (χ3n) is 3.92. The molecule has 1 aliphatic heterocycles. The lowest BCUT2D eigenvalue weighted by Gasteiger charge is -2.18. The SMILES string of the molecule is CCN(CC)C(=O)c1cc(C(=O)Nc2ccc3c(c2)OCO3)ccn1. The molecule has 1 aromatic carbocycles. The molecule has 1 aliphatic rings. The van der Waals surface area contributed by atoms with Gasteiger partial charge in [-0.05, 0) is 38.1 Å². The first-order valence-corrected chi connectivity index (χ1v) is 8.08. The molecule has 0 spiro atoms. The van der Waals surface area contributed by atoms with E-state index in [0.717, 1.165) is 0 Å². The topological polar surface area (TPSA) is 80.8 Å². The van der Waals surface area contributed by atoms with E-state index in [1.54, 1.807) is 29.2 Å². The quantitative estimate of drug-likeness (QED) is 0.904. The van der Waals surface area contributed by atoms with Crippen LogP contribution in [0.5, 0.6) is 11.5 Å². The first-order valence-electron chi connectivity index (χ1n) is 8.08. The highest BCUT2D eigenvalue weighted by molar-refractivity contribution is 6.05.